The highest BCUT2D eigenvalue weighted by atomic mass is 16.5. The second kappa shape index (κ2) is 7.51. The number of hydrogen-bond acceptors (Lipinski definition) is 7. The molecule has 5 rings (SSSR count). The Balaban J connectivity index is 1.36. The third-order valence-corrected chi connectivity index (χ3v) is 6.28. The first-order valence-corrected chi connectivity index (χ1v) is 10.1. The van der Waals surface area contributed by atoms with Crippen LogP contribution in [0, 0.1) is 18.8 Å². The Morgan fingerprint density at radius 1 is 1.03 bits per heavy atom. The van der Waals surface area contributed by atoms with Crippen LogP contribution in [0.4, 0.5) is 5.82 Å². The van der Waals surface area contributed by atoms with Gasteiger partial charge in [0, 0.05) is 44.4 Å². The van der Waals surface area contributed by atoms with E-state index in [1.165, 1.54) is 0 Å². The molecule has 0 unspecified atom stereocenters. The van der Waals surface area contributed by atoms with Gasteiger partial charge in [-0.3, -0.25) is 9.97 Å². The molecule has 3 aromatic heterocycles. The summed E-state index contributed by atoms with van der Waals surface area (Å²) in [5.41, 5.74) is 2.85. The van der Waals surface area contributed by atoms with Gasteiger partial charge in [0.25, 0.3) is 0 Å². The van der Waals surface area contributed by atoms with E-state index in [1.54, 1.807) is 25.7 Å². The first-order chi connectivity index (χ1) is 14.2. The first kappa shape index (κ1) is 18.2. The van der Waals surface area contributed by atoms with Crippen LogP contribution < -0.4 is 4.90 Å². The predicted octanol–water partition coefficient (Wildman–Crippen LogP) is 2.54. The maximum absolute atomic E-state index is 5.90. The summed E-state index contributed by atoms with van der Waals surface area (Å²) in [6.45, 7) is 4.00. The molecule has 0 bridgehead atoms. The minimum absolute atomic E-state index is 0.131. The van der Waals surface area contributed by atoms with E-state index in [1.807, 2.05) is 36.1 Å². The SMILES string of the molecule is CO[C@@H]1C[C@H]2CN(c3cncc(C)n3)C[C@H]2C[C@H]1n1cc(-c2ccncc2)nn1. The molecule has 8 nitrogen and oxygen atoms in total. The van der Waals surface area contributed by atoms with Gasteiger partial charge in [-0.2, -0.15) is 0 Å². The van der Waals surface area contributed by atoms with Crippen LogP contribution in [0.2, 0.25) is 0 Å². The van der Waals surface area contributed by atoms with Gasteiger partial charge < -0.3 is 9.64 Å². The zero-order valence-corrected chi connectivity index (χ0v) is 16.7. The van der Waals surface area contributed by atoms with Crippen molar-refractivity contribution < 1.29 is 4.74 Å². The minimum Gasteiger partial charge on any atom is -0.379 e. The highest BCUT2D eigenvalue weighted by Gasteiger charge is 2.44. The van der Waals surface area contributed by atoms with Gasteiger partial charge in [0.15, 0.2) is 0 Å². The molecule has 1 aliphatic heterocycles. The Kier molecular flexibility index (Phi) is 4.71. The molecule has 2 aliphatic rings. The number of aromatic nitrogens is 6. The predicted molar refractivity (Wildman–Crippen MR) is 108 cm³/mol. The summed E-state index contributed by atoms with van der Waals surface area (Å²) in [5, 5.41) is 8.84. The highest BCUT2D eigenvalue weighted by Crippen LogP contribution is 2.43. The first-order valence-electron chi connectivity index (χ1n) is 10.1. The van der Waals surface area contributed by atoms with Crippen LogP contribution in [-0.2, 0) is 4.74 Å². The number of aryl methyl sites for hydroxylation is 1. The Morgan fingerprint density at radius 2 is 1.83 bits per heavy atom. The molecule has 3 aromatic rings. The average molecular weight is 391 g/mol. The summed E-state index contributed by atoms with van der Waals surface area (Å²) < 4.78 is 7.89. The largest absolute Gasteiger partial charge is 0.379 e. The van der Waals surface area contributed by atoms with Crippen molar-refractivity contribution >= 4 is 5.82 Å². The zero-order valence-electron chi connectivity index (χ0n) is 16.7. The van der Waals surface area contributed by atoms with Gasteiger partial charge in [-0.15, -0.1) is 5.10 Å². The van der Waals surface area contributed by atoms with E-state index in [0.717, 1.165) is 48.7 Å². The van der Waals surface area contributed by atoms with E-state index in [0.29, 0.717) is 11.8 Å². The normalized spacial score (nSPS) is 26.5. The number of anilines is 1. The van der Waals surface area contributed by atoms with Crippen LogP contribution in [0.25, 0.3) is 11.3 Å². The molecule has 4 atom stereocenters. The molecule has 150 valence electrons. The van der Waals surface area contributed by atoms with E-state index in [4.69, 9.17) is 4.74 Å². The summed E-state index contributed by atoms with van der Waals surface area (Å²) in [6.07, 6.45) is 11.4. The van der Waals surface area contributed by atoms with Gasteiger partial charge in [-0.05, 0) is 43.7 Å². The molecule has 4 heterocycles. The lowest BCUT2D eigenvalue weighted by Crippen LogP contribution is -2.37. The van der Waals surface area contributed by atoms with Crippen LogP contribution in [0.5, 0.6) is 0 Å². The molecule has 0 N–H and O–H groups in total. The molecule has 1 saturated carbocycles. The van der Waals surface area contributed by atoms with Crippen LogP contribution in [0.1, 0.15) is 24.6 Å². The monoisotopic (exact) mass is 391 g/mol. The van der Waals surface area contributed by atoms with E-state index in [9.17, 15) is 0 Å². The molecule has 2 fully saturated rings. The number of ether oxygens (including phenoxy) is 1. The van der Waals surface area contributed by atoms with Gasteiger partial charge in [-0.1, -0.05) is 5.21 Å². The van der Waals surface area contributed by atoms with Crippen molar-refractivity contribution in [2.75, 3.05) is 25.1 Å². The van der Waals surface area contributed by atoms with Gasteiger partial charge in [0.1, 0.15) is 11.5 Å². The smallest absolute Gasteiger partial charge is 0.147 e. The lowest BCUT2D eigenvalue weighted by atomic mass is 9.77. The van der Waals surface area contributed by atoms with Gasteiger partial charge in [-0.25, -0.2) is 9.67 Å². The summed E-state index contributed by atoms with van der Waals surface area (Å²) >= 11 is 0. The van der Waals surface area contributed by atoms with Crippen LogP contribution in [0.3, 0.4) is 0 Å². The topological polar surface area (TPSA) is 81.9 Å². The van der Waals surface area contributed by atoms with Crippen molar-refractivity contribution in [1.82, 2.24) is 29.9 Å². The molecule has 8 heteroatoms. The highest BCUT2D eigenvalue weighted by molar-refractivity contribution is 5.56. The fourth-order valence-corrected chi connectivity index (χ4v) is 4.81. The molecule has 1 saturated heterocycles. The molecular formula is C21H25N7O. The lowest BCUT2D eigenvalue weighted by Gasteiger charge is -2.36. The average Bonchev–Trinajstić information content (AvgIpc) is 3.40. The van der Waals surface area contributed by atoms with Crippen molar-refractivity contribution in [3.05, 3.63) is 48.8 Å². The van der Waals surface area contributed by atoms with Crippen molar-refractivity contribution in [2.45, 2.75) is 31.9 Å². The van der Waals surface area contributed by atoms with Crippen molar-refractivity contribution in [1.29, 1.82) is 0 Å². The standard InChI is InChI=1S/C21H25N7O/c1-14-9-23-10-21(24-14)27-11-16-7-19(20(29-2)8-17(16)12-27)28-13-18(25-26-28)15-3-5-22-6-4-15/h3-6,9-10,13,16-17,19-20H,7-8,11-12H2,1-2H3/t16-,17+,19-,20-/m1/s1. The molecule has 0 aromatic carbocycles. The Morgan fingerprint density at radius 3 is 2.59 bits per heavy atom. The zero-order chi connectivity index (χ0) is 19.8. The molecular weight excluding hydrogens is 366 g/mol. The Bertz CT molecular complexity index is 976. The maximum Gasteiger partial charge on any atom is 0.147 e. The number of rotatable bonds is 4. The fraction of sp³-hybridized carbons (Fsp3) is 0.476. The summed E-state index contributed by atoms with van der Waals surface area (Å²) in [4.78, 5) is 15.4. The van der Waals surface area contributed by atoms with Gasteiger partial charge >= 0.3 is 0 Å². The van der Waals surface area contributed by atoms with Crippen molar-refractivity contribution in [3.8, 4) is 11.3 Å². The second-order valence-corrected chi connectivity index (χ2v) is 8.08. The Labute approximate surface area is 170 Å². The Hall–Kier alpha value is -2.87. The summed E-state index contributed by atoms with van der Waals surface area (Å²) in [6, 6.07) is 4.10. The fourth-order valence-electron chi connectivity index (χ4n) is 4.81. The molecule has 0 spiro atoms. The number of nitrogens with zero attached hydrogens (tertiary/aromatic N) is 7. The summed E-state index contributed by atoms with van der Waals surface area (Å²) in [5.74, 6) is 2.16. The lowest BCUT2D eigenvalue weighted by molar-refractivity contribution is -0.00541. The van der Waals surface area contributed by atoms with E-state index < -0.39 is 0 Å². The van der Waals surface area contributed by atoms with Crippen molar-refractivity contribution in [2.24, 2.45) is 11.8 Å². The molecule has 1 aliphatic carbocycles. The number of methoxy groups -OCH3 is 1. The number of pyridine rings is 1. The van der Waals surface area contributed by atoms with Crippen LogP contribution in [-0.4, -0.2) is 56.2 Å². The molecule has 0 radical (unpaired) electrons. The molecule has 29 heavy (non-hydrogen) atoms. The van der Waals surface area contributed by atoms with Gasteiger partial charge in [0.05, 0.1) is 30.2 Å². The van der Waals surface area contributed by atoms with Gasteiger partial charge in [0.2, 0.25) is 0 Å². The van der Waals surface area contributed by atoms with E-state index in [-0.39, 0.29) is 12.1 Å². The number of fused-ring (bicyclic) bond motifs is 1. The number of hydrogen-bond donors (Lipinski definition) is 0. The molecule has 0 amide bonds. The van der Waals surface area contributed by atoms with Crippen LogP contribution in [0.15, 0.2) is 43.1 Å². The quantitative estimate of drug-likeness (QED) is 0.676. The third kappa shape index (κ3) is 3.48. The van der Waals surface area contributed by atoms with Crippen LogP contribution >= 0.6 is 0 Å². The van der Waals surface area contributed by atoms with E-state index >= 15 is 0 Å². The minimum atomic E-state index is 0.131. The van der Waals surface area contributed by atoms with Crippen molar-refractivity contribution in [3.63, 3.8) is 0 Å². The maximum atomic E-state index is 5.90. The second-order valence-electron chi connectivity index (χ2n) is 8.08. The van der Waals surface area contributed by atoms with E-state index in [2.05, 4.69) is 30.2 Å². The third-order valence-electron chi connectivity index (χ3n) is 6.28. The summed E-state index contributed by atoms with van der Waals surface area (Å²) in [7, 11) is 1.80.